The molecule has 0 saturated heterocycles. The molecule has 1 aromatic rings. The molecule has 0 amide bonds. The van der Waals surface area contributed by atoms with Crippen LogP contribution >= 0.6 is 0 Å². The molecule has 0 atom stereocenters. The van der Waals surface area contributed by atoms with Gasteiger partial charge in [-0.1, -0.05) is 38.5 Å². The second-order valence-corrected chi connectivity index (χ2v) is 7.75. The molecule has 0 aliphatic carbocycles. The van der Waals surface area contributed by atoms with Gasteiger partial charge in [0, 0.05) is 45.5 Å². The fraction of sp³-hybridized carbons (Fsp3) is 0.500. The molecule has 1 rings (SSSR count). The maximum Gasteiger partial charge on any atom is 0.305 e. The summed E-state index contributed by atoms with van der Waals surface area (Å²) < 4.78 is 21.3. The van der Waals surface area contributed by atoms with E-state index in [1.54, 1.807) is 0 Å². The molecule has 0 bridgehead atoms. The lowest BCUT2D eigenvalue weighted by atomic mass is 10.1. The van der Waals surface area contributed by atoms with Gasteiger partial charge in [-0.2, -0.15) is 0 Å². The van der Waals surface area contributed by atoms with Crippen LogP contribution in [0.4, 0.5) is 5.69 Å². The zero-order valence-corrected chi connectivity index (χ0v) is 21.3. The number of hydrogen-bond acceptors (Lipinski definition) is 6. The van der Waals surface area contributed by atoms with Crippen molar-refractivity contribution in [3.05, 3.63) is 24.3 Å². The standard InChI is InChI=1S/C30H37NO5.6H2/c1-3-4-5-6-12-15-22-33-24-25-34-26-27-36-30(32)17-14-11-9-7-8-10-13-16-23-35-29-20-18-28(31-2)19-21-29;;;;;;/h1,18-21,31H,7-11,13-14,16-17,23-27H2,2H3;6*1H. The molecule has 0 aliphatic rings. The van der Waals surface area contributed by atoms with Gasteiger partial charge in [-0.25, -0.2) is 0 Å². The molecule has 0 radical (unpaired) electrons. The smallest absolute Gasteiger partial charge is 0.305 e. The van der Waals surface area contributed by atoms with Crippen molar-refractivity contribution in [1.82, 2.24) is 0 Å². The number of unbranched alkanes of at least 4 members (excludes halogenated alkanes) is 7. The lowest BCUT2D eigenvalue weighted by molar-refractivity contribution is -0.145. The molecule has 0 heterocycles. The Hall–Kier alpha value is -3.71. The van der Waals surface area contributed by atoms with Crippen LogP contribution in [-0.2, 0) is 19.0 Å². The van der Waals surface area contributed by atoms with Gasteiger partial charge in [0.2, 0.25) is 0 Å². The second-order valence-electron chi connectivity index (χ2n) is 7.75. The van der Waals surface area contributed by atoms with Crippen LogP contribution < -0.4 is 10.1 Å². The monoisotopic (exact) mass is 503 g/mol. The molecule has 36 heavy (non-hydrogen) atoms. The Bertz CT molecular complexity index is 970. The first kappa shape index (κ1) is 30.3. The minimum Gasteiger partial charge on any atom is -0.494 e. The molecule has 6 heteroatoms. The van der Waals surface area contributed by atoms with Gasteiger partial charge in [-0.05, 0) is 54.9 Å². The minimum atomic E-state index is -0.173. The number of carbonyl (C=O) groups excluding carboxylic acids is 1. The Balaban J connectivity index is -0.000000540. The Kier molecular flexibility index (Phi) is 19.4. The van der Waals surface area contributed by atoms with Crippen molar-refractivity contribution in [2.24, 2.45) is 0 Å². The molecule has 0 spiro atoms. The summed E-state index contributed by atoms with van der Waals surface area (Å²) >= 11 is 0. The van der Waals surface area contributed by atoms with Crippen LogP contribution in [0.3, 0.4) is 0 Å². The van der Waals surface area contributed by atoms with E-state index in [0.29, 0.717) is 26.2 Å². The molecule has 1 N–H and O–H groups in total. The molecule has 0 saturated carbocycles. The van der Waals surface area contributed by atoms with E-state index in [1.807, 2.05) is 31.3 Å². The lowest BCUT2D eigenvalue weighted by Crippen LogP contribution is -2.12. The van der Waals surface area contributed by atoms with Crippen LogP contribution in [0.5, 0.6) is 5.75 Å². The van der Waals surface area contributed by atoms with Crippen molar-refractivity contribution >= 4 is 11.7 Å². The number of benzene rings is 1. The lowest BCUT2D eigenvalue weighted by Gasteiger charge is -2.07. The first-order valence-corrected chi connectivity index (χ1v) is 12.5. The summed E-state index contributed by atoms with van der Waals surface area (Å²) in [6.07, 6.45) is 16.8. The molecule has 1 aromatic carbocycles. The van der Waals surface area contributed by atoms with Crippen LogP contribution in [0, 0.1) is 48.1 Å². The second kappa shape index (κ2) is 23.1. The average Bonchev–Trinajstić information content (AvgIpc) is 2.90. The zero-order chi connectivity index (χ0) is 25.9. The molecular weight excluding hydrogens is 454 g/mol. The van der Waals surface area contributed by atoms with Gasteiger partial charge >= 0.3 is 5.97 Å². The number of ether oxygens (including phenoxy) is 4. The van der Waals surface area contributed by atoms with Gasteiger partial charge < -0.3 is 24.3 Å². The van der Waals surface area contributed by atoms with Crippen LogP contribution in [0.15, 0.2) is 24.3 Å². The quantitative estimate of drug-likeness (QED) is 0.136. The highest BCUT2D eigenvalue weighted by Crippen LogP contribution is 2.16. The van der Waals surface area contributed by atoms with E-state index >= 15 is 0 Å². The van der Waals surface area contributed by atoms with Crippen molar-refractivity contribution < 1.29 is 32.3 Å². The Morgan fingerprint density at radius 3 is 2.17 bits per heavy atom. The molecule has 204 valence electrons. The topological polar surface area (TPSA) is 66.0 Å². The highest BCUT2D eigenvalue weighted by Gasteiger charge is 2.02. The average molecular weight is 504 g/mol. The van der Waals surface area contributed by atoms with Crippen LogP contribution in [0.2, 0.25) is 0 Å². The molecule has 0 fully saturated rings. The summed E-state index contributed by atoms with van der Waals surface area (Å²) in [5.74, 6) is 15.1. The van der Waals surface area contributed by atoms with E-state index in [4.69, 9.17) is 25.4 Å². The number of carbonyl (C=O) groups is 1. The van der Waals surface area contributed by atoms with E-state index in [1.165, 1.54) is 25.7 Å². The number of rotatable bonds is 19. The summed E-state index contributed by atoms with van der Waals surface area (Å²) in [6.45, 7) is 1.99. The van der Waals surface area contributed by atoms with Crippen LogP contribution in [0.1, 0.15) is 66.3 Å². The summed E-state index contributed by atoms with van der Waals surface area (Å²) in [5.41, 5.74) is 1.08. The first-order chi connectivity index (χ1) is 17.8. The van der Waals surface area contributed by atoms with Crippen LogP contribution in [0.25, 0.3) is 0 Å². The van der Waals surface area contributed by atoms with Crippen molar-refractivity contribution in [1.29, 1.82) is 0 Å². The number of terminal acetylenes is 1. The summed E-state index contributed by atoms with van der Waals surface area (Å²) in [5, 5.41) is 3.10. The largest absolute Gasteiger partial charge is 0.494 e. The number of anilines is 1. The van der Waals surface area contributed by atoms with Crippen LogP contribution in [-0.4, -0.2) is 46.1 Å². The number of hydrogen-bond donors (Lipinski definition) is 1. The highest BCUT2D eigenvalue weighted by atomic mass is 16.6. The van der Waals surface area contributed by atoms with Gasteiger partial charge in [0.1, 0.15) is 25.1 Å². The van der Waals surface area contributed by atoms with Crippen molar-refractivity contribution in [2.45, 2.75) is 57.8 Å². The zero-order valence-electron chi connectivity index (χ0n) is 21.3. The van der Waals surface area contributed by atoms with Crippen molar-refractivity contribution in [3.8, 4) is 53.8 Å². The van der Waals surface area contributed by atoms with E-state index in [9.17, 15) is 4.79 Å². The molecule has 0 aromatic heterocycles. The predicted molar refractivity (Wildman–Crippen MR) is 156 cm³/mol. The van der Waals surface area contributed by atoms with E-state index in [-0.39, 0.29) is 21.1 Å². The van der Waals surface area contributed by atoms with Gasteiger partial charge in [-0.15, -0.1) is 6.42 Å². The van der Waals surface area contributed by atoms with E-state index in [2.05, 4.69) is 46.9 Å². The van der Waals surface area contributed by atoms with Crippen molar-refractivity contribution in [3.63, 3.8) is 0 Å². The SMILES string of the molecule is C#CC#CC#CC#COCCOCCOC(=O)CCCCCCCCCCOc1ccc(NC)cc1.[HH].[HH].[HH].[HH].[HH].[HH]. The van der Waals surface area contributed by atoms with Gasteiger partial charge in [0.15, 0.2) is 0 Å². The molecular formula is C30H49NO5. The first-order valence-electron chi connectivity index (χ1n) is 12.5. The van der Waals surface area contributed by atoms with Gasteiger partial charge in [0.05, 0.1) is 19.8 Å². The highest BCUT2D eigenvalue weighted by molar-refractivity contribution is 5.69. The van der Waals surface area contributed by atoms with E-state index < -0.39 is 0 Å². The summed E-state index contributed by atoms with van der Waals surface area (Å²) in [4.78, 5) is 11.7. The summed E-state index contributed by atoms with van der Waals surface area (Å²) in [6, 6.07) is 8.01. The molecule has 0 aliphatic heterocycles. The Morgan fingerprint density at radius 2 is 1.44 bits per heavy atom. The Labute approximate surface area is 225 Å². The minimum absolute atomic E-state index is 0. The third kappa shape index (κ3) is 18.7. The third-order valence-electron chi connectivity index (χ3n) is 4.95. The third-order valence-corrected chi connectivity index (χ3v) is 4.95. The summed E-state index contributed by atoms with van der Waals surface area (Å²) in [7, 11) is 1.90. The van der Waals surface area contributed by atoms with Crippen molar-refractivity contribution in [2.75, 3.05) is 45.4 Å². The van der Waals surface area contributed by atoms with E-state index in [0.717, 1.165) is 43.7 Å². The number of esters is 1. The molecule has 0 unspecified atom stereocenters. The predicted octanol–water partition coefficient (Wildman–Crippen LogP) is 6.27. The fourth-order valence-electron chi connectivity index (χ4n) is 3.07. The molecule has 6 nitrogen and oxygen atoms in total. The maximum atomic E-state index is 11.7. The normalized spacial score (nSPS) is 9.22. The van der Waals surface area contributed by atoms with Gasteiger partial charge in [-0.3, -0.25) is 4.79 Å². The number of nitrogens with one attached hydrogen (secondary N) is 1. The van der Waals surface area contributed by atoms with Gasteiger partial charge in [0.25, 0.3) is 0 Å². The maximum absolute atomic E-state index is 11.7. The Morgan fingerprint density at radius 1 is 0.806 bits per heavy atom. The fourth-order valence-corrected chi connectivity index (χ4v) is 3.07.